The van der Waals surface area contributed by atoms with Crippen molar-refractivity contribution < 1.29 is 19.2 Å². The van der Waals surface area contributed by atoms with Crippen LogP contribution in [0.5, 0.6) is 0 Å². The molecule has 0 aromatic heterocycles. The van der Waals surface area contributed by atoms with E-state index in [0.29, 0.717) is 17.0 Å². The largest absolute Gasteiger partial charge is 0.334 e. The van der Waals surface area contributed by atoms with Gasteiger partial charge in [-0.3, -0.25) is 19.3 Å². The Morgan fingerprint density at radius 3 is 2.61 bits per heavy atom. The molecule has 1 aliphatic carbocycles. The molecule has 8 nitrogen and oxygen atoms in total. The Morgan fingerprint density at radius 1 is 1.25 bits per heavy atom. The van der Waals surface area contributed by atoms with E-state index in [1.54, 1.807) is 0 Å². The standard InChI is InChI=1S/C19H19ClN4O4/c1-11-4-2-3-5-15(11)24-18(27)17(26)23(19(24)28)10-16(25)22-13-7-6-12(9-21)14(20)8-13/h6-8,11,15H,2-5,10H2,1H3,(H,22,25)/t11-,15+/m0/s1. The molecule has 1 aromatic carbocycles. The molecule has 9 heteroatoms. The minimum absolute atomic E-state index is 0.115. The molecule has 0 radical (unpaired) electrons. The van der Waals surface area contributed by atoms with Crippen LogP contribution in [-0.2, 0) is 14.4 Å². The molecule has 1 heterocycles. The summed E-state index contributed by atoms with van der Waals surface area (Å²) < 4.78 is 0. The first kappa shape index (κ1) is 19.8. The zero-order chi connectivity index (χ0) is 20.4. The SMILES string of the molecule is C[C@H]1CCCC[C@H]1N1C(=O)C(=O)N(CC(=O)Nc2ccc(C#N)c(Cl)c2)C1=O. The van der Waals surface area contributed by atoms with E-state index in [1.807, 2.05) is 13.0 Å². The molecule has 1 N–H and O–H groups in total. The molecule has 3 rings (SSSR count). The molecule has 1 aliphatic heterocycles. The lowest BCUT2D eigenvalue weighted by atomic mass is 9.85. The number of carbonyl (C=O) groups is 4. The number of benzene rings is 1. The first-order chi connectivity index (χ1) is 13.3. The van der Waals surface area contributed by atoms with Crippen molar-refractivity contribution in [3.8, 4) is 6.07 Å². The second-order valence-corrected chi connectivity index (χ2v) is 7.44. The quantitative estimate of drug-likeness (QED) is 0.614. The van der Waals surface area contributed by atoms with Crippen LogP contribution in [0.2, 0.25) is 5.02 Å². The van der Waals surface area contributed by atoms with Gasteiger partial charge in [0.05, 0.1) is 10.6 Å². The minimum Gasteiger partial charge on any atom is -0.324 e. The maximum atomic E-state index is 12.7. The number of anilines is 1. The van der Waals surface area contributed by atoms with Crippen LogP contribution in [0, 0.1) is 17.2 Å². The Kier molecular flexibility index (Phi) is 5.66. The van der Waals surface area contributed by atoms with Gasteiger partial charge >= 0.3 is 17.8 Å². The van der Waals surface area contributed by atoms with Crippen molar-refractivity contribution in [2.45, 2.75) is 38.6 Å². The lowest BCUT2D eigenvalue weighted by Crippen LogP contribution is -2.46. The van der Waals surface area contributed by atoms with E-state index >= 15 is 0 Å². The van der Waals surface area contributed by atoms with Crippen molar-refractivity contribution in [3.63, 3.8) is 0 Å². The molecule has 2 aliphatic rings. The maximum Gasteiger partial charge on any atom is 0.334 e. The lowest BCUT2D eigenvalue weighted by molar-refractivity contribution is -0.145. The fourth-order valence-electron chi connectivity index (χ4n) is 3.66. The fraction of sp³-hybridized carbons (Fsp3) is 0.421. The molecule has 28 heavy (non-hydrogen) atoms. The van der Waals surface area contributed by atoms with Gasteiger partial charge in [-0.25, -0.2) is 9.69 Å². The van der Waals surface area contributed by atoms with Gasteiger partial charge in [0, 0.05) is 11.7 Å². The third-order valence-corrected chi connectivity index (χ3v) is 5.47. The average molecular weight is 403 g/mol. The topological polar surface area (TPSA) is 111 Å². The van der Waals surface area contributed by atoms with Gasteiger partial charge in [-0.1, -0.05) is 31.4 Å². The Labute approximate surface area is 167 Å². The summed E-state index contributed by atoms with van der Waals surface area (Å²) in [4.78, 5) is 51.3. The molecule has 1 saturated carbocycles. The summed E-state index contributed by atoms with van der Waals surface area (Å²) in [5.41, 5.74) is 0.574. The number of urea groups is 1. The maximum absolute atomic E-state index is 12.7. The molecular formula is C19H19ClN4O4. The first-order valence-electron chi connectivity index (χ1n) is 9.02. The highest BCUT2D eigenvalue weighted by Crippen LogP contribution is 2.31. The van der Waals surface area contributed by atoms with Crippen molar-refractivity contribution in [1.82, 2.24) is 9.80 Å². The van der Waals surface area contributed by atoms with Crippen LogP contribution < -0.4 is 5.32 Å². The smallest absolute Gasteiger partial charge is 0.324 e. The summed E-state index contributed by atoms with van der Waals surface area (Å²) in [7, 11) is 0. The number of nitriles is 1. The van der Waals surface area contributed by atoms with Crippen LogP contribution in [0.25, 0.3) is 0 Å². The molecule has 2 atom stereocenters. The molecule has 0 spiro atoms. The Morgan fingerprint density at radius 2 is 1.96 bits per heavy atom. The van der Waals surface area contributed by atoms with E-state index in [2.05, 4.69) is 5.32 Å². The summed E-state index contributed by atoms with van der Waals surface area (Å²) in [6.45, 7) is 1.39. The average Bonchev–Trinajstić information content (AvgIpc) is 2.86. The minimum atomic E-state index is -0.990. The predicted octanol–water partition coefficient (Wildman–Crippen LogP) is 2.52. The lowest BCUT2D eigenvalue weighted by Gasteiger charge is -2.34. The van der Waals surface area contributed by atoms with E-state index in [-0.39, 0.29) is 22.5 Å². The van der Waals surface area contributed by atoms with Gasteiger partial charge < -0.3 is 5.32 Å². The van der Waals surface area contributed by atoms with Crippen LogP contribution in [0.4, 0.5) is 10.5 Å². The molecular weight excluding hydrogens is 384 g/mol. The van der Waals surface area contributed by atoms with Gasteiger partial charge in [0.1, 0.15) is 12.6 Å². The summed E-state index contributed by atoms with van der Waals surface area (Å²) >= 11 is 5.92. The summed E-state index contributed by atoms with van der Waals surface area (Å²) in [6.07, 6.45) is 3.47. The van der Waals surface area contributed by atoms with Crippen LogP contribution >= 0.6 is 11.6 Å². The van der Waals surface area contributed by atoms with Crippen molar-refractivity contribution >= 4 is 41.0 Å². The van der Waals surface area contributed by atoms with E-state index in [4.69, 9.17) is 16.9 Å². The van der Waals surface area contributed by atoms with E-state index in [0.717, 1.165) is 24.2 Å². The van der Waals surface area contributed by atoms with Gasteiger partial charge in [0.15, 0.2) is 0 Å². The highest BCUT2D eigenvalue weighted by atomic mass is 35.5. The normalized spacial score (nSPS) is 22.4. The van der Waals surface area contributed by atoms with Crippen LogP contribution in [0.1, 0.15) is 38.2 Å². The first-order valence-corrected chi connectivity index (χ1v) is 9.39. The van der Waals surface area contributed by atoms with Crippen molar-refractivity contribution in [1.29, 1.82) is 5.26 Å². The third kappa shape index (κ3) is 3.71. The molecule has 2 fully saturated rings. The van der Waals surface area contributed by atoms with Gasteiger partial charge in [0.25, 0.3) is 0 Å². The Hall–Kier alpha value is -2.92. The zero-order valence-corrected chi connectivity index (χ0v) is 16.0. The summed E-state index contributed by atoms with van der Waals surface area (Å²) in [6, 6.07) is 5.16. The van der Waals surface area contributed by atoms with Crippen molar-refractivity contribution in [3.05, 3.63) is 28.8 Å². The van der Waals surface area contributed by atoms with Gasteiger partial charge in [-0.2, -0.15) is 5.26 Å². The number of hydrogen-bond acceptors (Lipinski definition) is 5. The second-order valence-electron chi connectivity index (χ2n) is 7.03. The van der Waals surface area contributed by atoms with Gasteiger partial charge in [-0.05, 0) is 37.0 Å². The van der Waals surface area contributed by atoms with E-state index in [1.165, 1.54) is 18.2 Å². The van der Waals surface area contributed by atoms with Crippen LogP contribution in [0.15, 0.2) is 18.2 Å². The molecule has 0 bridgehead atoms. The van der Waals surface area contributed by atoms with Crippen LogP contribution in [-0.4, -0.2) is 46.1 Å². The molecule has 1 aromatic rings. The van der Waals surface area contributed by atoms with Crippen molar-refractivity contribution in [2.24, 2.45) is 5.92 Å². The number of nitrogens with zero attached hydrogens (tertiary/aromatic N) is 3. The Bertz CT molecular complexity index is 894. The second kappa shape index (κ2) is 7.98. The zero-order valence-electron chi connectivity index (χ0n) is 15.3. The van der Waals surface area contributed by atoms with E-state index < -0.39 is 30.3 Å². The summed E-state index contributed by atoms with van der Waals surface area (Å²) in [5.74, 6) is -2.40. The van der Waals surface area contributed by atoms with Gasteiger partial charge in [-0.15, -0.1) is 0 Å². The Balaban J connectivity index is 1.70. The highest BCUT2D eigenvalue weighted by molar-refractivity contribution is 6.45. The predicted molar refractivity (Wildman–Crippen MR) is 100 cm³/mol. The monoisotopic (exact) mass is 402 g/mol. The molecule has 5 amide bonds. The number of amides is 5. The number of carbonyl (C=O) groups excluding carboxylic acids is 4. The number of hydrogen-bond donors (Lipinski definition) is 1. The summed E-state index contributed by atoms with van der Waals surface area (Å²) in [5, 5.41) is 11.6. The molecule has 0 unspecified atom stereocenters. The fourth-order valence-corrected chi connectivity index (χ4v) is 3.88. The van der Waals surface area contributed by atoms with Crippen LogP contribution in [0.3, 0.4) is 0 Å². The number of halogens is 1. The third-order valence-electron chi connectivity index (χ3n) is 5.16. The number of nitrogens with one attached hydrogen (secondary N) is 1. The highest BCUT2D eigenvalue weighted by Gasteiger charge is 2.49. The number of rotatable bonds is 4. The molecule has 146 valence electrons. The number of imide groups is 2. The molecule has 1 saturated heterocycles. The van der Waals surface area contributed by atoms with Crippen molar-refractivity contribution in [2.75, 3.05) is 11.9 Å². The van der Waals surface area contributed by atoms with Gasteiger partial charge in [0.2, 0.25) is 5.91 Å². The van der Waals surface area contributed by atoms with E-state index in [9.17, 15) is 19.2 Å².